The molecule has 0 radical (unpaired) electrons. The van der Waals surface area contributed by atoms with Crippen molar-refractivity contribution in [1.82, 2.24) is 5.32 Å². The maximum absolute atomic E-state index is 12.4. The number of unbranched alkanes of at least 4 members (excludes halogenated alkanes) is 26. The van der Waals surface area contributed by atoms with Gasteiger partial charge in [0, 0.05) is 6.42 Å². The number of aliphatic hydroxyl groups is 2. The third-order valence-electron chi connectivity index (χ3n) is 9.43. The summed E-state index contributed by atoms with van der Waals surface area (Å²) in [6, 6.07) is -0.552. The average molecular weight is 648 g/mol. The van der Waals surface area contributed by atoms with Crippen molar-refractivity contribution in [2.75, 3.05) is 6.61 Å². The molecule has 272 valence electrons. The SMILES string of the molecule is CCCCCCCC/C=C/CCCCCCCCCC(=O)N[C@@H](CO)[C@H](O)CCCC/C=C/CCCCCCCCCCCCC. The number of carbonyl (C=O) groups excluding carboxylic acids is 1. The Kier molecular flexibility index (Phi) is 37.4. The molecule has 0 saturated carbocycles. The number of amides is 1. The smallest absolute Gasteiger partial charge is 0.220 e. The second-order valence-electron chi connectivity index (χ2n) is 14.0. The van der Waals surface area contributed by atoms with Gasteiger partial charge >= 0.3 is 0 Å². The van der Waals surface area contributed by atoms with E-state index in [1.807, 2.05) is 0 Å². The lowest BCUT2D eigenvalue weighted by Crippen LogP contribution is -2.45. The molecule has 0 rings (SSSR count). The van der Waals surface area contributed by atoms with E-state index < -0.39 is 12.1 Å². The normalized spacial score (nSPS) is 13.2. The summed E-state index contributed by atoms with van der Waals surface area (Å²) in [4.78, 5) is 12.4. The minimum Gasteiger partial charge on any atom is -0.394 e. The van der Waals surface area contributed by atoms with Crippen LogP contribution in [-0.2, 0) is 4.79 Å². The second-order valence-corrected chi connectivity index (χ2v) is 14.0. The van der Waals surface area contributed by atoms with Crippen molar-refractivity contribution in [3.8, 4) is 0 Å². The van der Waals surface area contributed by atoms with Gasteiger partial charge in [0.15, 0.2) is 0 Å². The number of hydrogen-bond donors (Lipinski definition) is 3. The Hall–Kier alpha value is -1.13. The predicted molar refractivity (Wildman–Crippen MR) is 202 cm³/mol. The van der Waals surface area contributed by atoms with E-state index >= 15 is 0 Å². The molecule has 0 aromatic heterocycles. The van der Waals surface area contributed by atoms with Gasteiger partial charge < -0.3 is 15.5 Å². The fourth-order valence-corrected chi connectivity index (χ4v) is 6.23. The molecule has 46 heavy (non-hydrogen) atoms. The van der Waals surface area contributed by atoms with Crippen molar-refractivity contribution in [2.24, 2.45) is 0 Å². The molecular weight excluding hydrogens is 566 g/mol. The number of aliphatic hydroxyl groups excluding tert-OH is 2. The first-order valence-corrected chi connectivity index (χ1v) is 20.5. The summed E-state index contributed by atoms with van der Waals surface area (Å²) in [5.41, 5.74) is 0. The molecule has 0 unspecified atom stereocenters. The van der Waals surface area contributed by atoms with E-state index in [1.54, 1.807) is 0 Å². The van der Waals surface area contributed by atoms with Crippen LogP contribution in [0.15, 0.2) is 24.3 Å². The summed E-state index contributed by atoms with van der Waals surface area (Å²) < 4.78 is 0. The Morgan fingerprint density at radius 2 is 0.826 bits per heavy atom. The Morgan fingerprint density at radius 3 is 1.20 bits per heavy atom. The van der Waals surface area contributed by atoms with E-state index in [0.717, 1.165) is 32.1 Å². The van der Waals surface area contributed by atoms with Crippen LogP contribution < -0.4 is 5.32 Å². The van der Waals surface area contributed by atoms with Crippen LogP contribution in [0.1, 0.15) is 219 Å². The molecule has 2 atom stereocenters. The lowest BCUT2D eigenvalue weighted by Gasteiger charge is -2.22. The molecule has 0 aromatic carbocycles. The molecule has 1 amide bonds. The highest BCUT2D eigenvalue weighted by Crippen LogP contribution is 2.14. The summed E-state index contributed by atoms with van der Waals surface area (Å²) in [7, 11) is 0. The number of hydrogen-bond acceptors (Lipinski definition) is 3. The van der Waals surface area contributed by atoms with E-state index in [2.05, 4.69) is 43.5 Å². The fourth-order valence-electron chi connectivity index (χ4n) is 6.23. The monoisotopic (exact) mass is 648 g/mol. The van der Waals surface area contributed by atoms with E-state index in [1.165, 1.54) is 161 Å². The fraction of sp³-hybridized carbons (Fsp3) is 0.881. The molecule has 0 aliphatic carbocycles. The molecule has 0 fully saturated rings. The van der Waals surface area contributed by atoms with Crippen LogP contribution in [0, 0.1) is 0 Å². The van der Waals surface area contributed by atoms with Gasteiger partial charge in [0.2, 0.25) is 5.91 Å². The molecule has 0 aromatic rings. The average Bonchev–Trinajstić information content (AvgIpc) is 3.06. The van der Waals surface area contributed by atoms with E-state index in [4.69, 9.17) is 0 Å². The highest BCUT2D eigenvalue weighted by atomic mass is 16.3. The molecule has 0 saturated heterocycles. The zero-order chi connectivity index (χ0) is 33.6. The molecule has 0 aliphatic heterocycles. The van der Waals surface area contributed by atoms with Crippen molar-refractivity contribution in [2.45, 2.75) is 231 Å². The molecule has 3 N–H and O–H groups in total. The zero-order valence-electron chi connectivity index (χ0n) is 31.1. The van der Waals surface area contributed by atoms with Gasteiger partial charge in [-0.15, -0.1) is 0 Å². The van der Waals surface area contributed by atoms with Crippen LogP contribution in [0.4, 0.5) is 0 Å². The molecule has 0 heterocycles. The summed E-state index contributed by atoms with van der Waals surface area (Å²) in [5.74, 6) is -0.0452. The van der Waals surface area contributed by atoms with Gasteiger partial charge in [0.25, 0.3) is 0 Å². The Balaban J connectivity index is 3.57. The first kappa shape index (κ1) is 44.9. The number of carbonyl (C=O) groups is 1. The topological polar surface area (TPSA) is 69.6 Å². The van der Waals surface area contributed by atoms with Gasteiger partial charge in [-0.05, 0) is 64.2 Å². The van der Waals surface area contributed by atoms with Crippen LogP contribution >= 0.6 is 0 Å². The third-order valence-corrected chi connectivity index (χ3v) is 9.43. The third kappa shape index (κ3) is 34.2. The standard InChI is InChI=1S/C42H81NO3/c1-3-5-7-9-11-13-15-17-19-21-23-25-27-29-31-33-35-37-41(45)40(39-44)43-42(46)38-36-34-32-30-28-26-24-22-20-18-16-14-12-10-8-6-4-2/h18,20,27,29,40-41,44-45H,3-17,19,21-26,28,30-39H2,1-2H3,(H,43,46)/b20-18+,29-27+/t40-,41+/m0/s1. The molecule has 0 bridgehead atoms. The molecule has 4 heteroatoms. The van der Waals surface area contributed by atoms with Crippen molar-refractivity contribution in [1.29, 1.82) is 0 Å². The van der Waals surface area contributed by atoms with Gasteiger partial charge in [0.1, 0.15) is 0 Å². The molecule has 4 nitrogen and oxygen atoms in total. The minimum atomic E-state index is -0.681. The summed E-state index contributed by atoms with van der Waals surface area (Å²) in [6.07, 6.45) is 48.1. The zero-order valence-corrected chi connectivity index (χ0v) is 31.1. The molecular formula is C42H81NO3. The summed E-state index contributed by atoms with van der Waals surface area (Å²) in [5, 5.41) is 23.1. The number of rotatable bonds is 37. The van der Waals surface area contributed by atoms with Crippen molar-refractivity contribution >= 4 is 5.91 Å². The van der Waals surface area contributed by atoms with Gasteiger partial charge in [-0.2, -0.15) is 0 Å². The Bertz CT molecular complexity index is 661. The van der Waals surface area contributed by atoms with Gasteiger partial charge in [0.05, 0.1) is 18.8 Å². The van der Waals surface area contributed by atoms with E-state index in [9.17, 15) is 15.0 Å². The van der Waals surface area contributed by atoms with Crippen LogP contribution in [0.25, 0.3) is 0 Å². The van der Waals surface area contributed by atoms with Gasteiger partial charge in [-0.3, -0.25) is 4.79 Å². The van der Waals surface area contributed by atoms with Crippen LogP contribution in [0.2, 0.25) is 0 Å². The van der Waals surface area contributed by atoms with Crippen molar-refractivity contribution in [3.63, 3.8) is 0 Å². The maximum Gasteiger partial charge on any atom is 0.220 e. The van der Waals surface area contributed by atoms with E-state index in [-0.39, 0.29) is 12.5 Å². The maximum atomic E-state index is 12.4. The first-order valence-electron chi connectivity index (χ1n) is 20.5. The van der Waals surface area contributed by atoms with Crippen LogP contribution in [0.5, 0.6) is 0 Å². The quantitative estimate of drug-likeness (QED) is 0.0464. The minimum absolute atomic E-state index is 0.0452. The Labute approximate surface area is 288 Å². The van der Waals surface area contributed by atoms with Crippen LogP contribution in [-0.4, -0.2) is 34.9 Å². The second kappa shape index (κ2) is 38.3. The van der Waals surface area contributed by atoms with Crippen LogP contribution in [0.3, 0.4) is 0 Å². The van der Waals surface area contributed by atoms with Gasteiger partial charge in [-0.25, -0.2) is 0 Å². The summed E-state index contributed by atoms with van der Waals surface area (Å²) >= 11 is 0. The van der Waals surface area contributed by atoms with Crippen molar-refractivity contribution in [3.05, 3.63) is 24.3 Å². The predicted octanol–water partition coefficient (Wildman–Crippen LogP) is 12.5. The lowest BCUT2D eigenvalue weighted by molar-refractivity contribution is -0.123. The highest BCUT2D eigenvalue weighted by molar-refractivity contribution is 5.76. The molecule has 0 spiro atoms. The highest BCUT2D eigenvalue weighted by Gasteiger charge is 2.19. The van der Waals surface area contributed by atoms with Crippen molar-refractivity contribution < 1.29 is 15.0 Å². The summed E-state index contributed by atoms with van der Waals surface area (Å²) in [6.45, 7) is 4.34. The number of allylic oxidation sites excluding steroid dienone is 4. The number of nitrogens with one attached hydrogen (secondary N) is 1. The van der Waals surface area contributed by atoms with E-state index in [0.29, 0.717) is 12.8 Å². The van der Waals surface area contributed by atoms with Gasteiger partial charge in [-0.1, -0.05) is 173 Å². The molecule has 0 aliphatic rings. The first-order chi connectivity index (χ1) is 22.7. The Morgan fingerprint density at radius 1 is 0.500 bits per heavy atom. The largest absolute Gasteiger partial charge is 0.394 e. The lowest BCUT2D eigenvalue weighted by atomic mass is 10.0.